The fourth-order valence-electron chi connectivity index (χ4n) is 2.81. The summed E-state index contributed by atoms with van der Waals surface area (Å²) in [4.78, 5) is 24.4. The fourth-order valence-corrected chi connectivity index (χ4v) is 3.40. The molecule has 164 valence electrons. The minimum Gasteiger partial charge on any atom is -0.451 e. The summed E-state index contributed by atoms with van der Waals surface area (Å²) < 4.78 is 12.1. The minimum absolute atomic E-state index is 0.176. The Morgan fingerprint density at radius 3 is 2.48 bits per heavy atom. The molecular formula is C21H20Cl3N3O4. The Bertz CT molecular complexity index is 1070. The van der Waals surface area contributed by atoms with Gasteiger partial charge in [0.25, 0.3) is 5.91 Å². The molecule has 0 bridgehead atoms. The van der Waals surface area contributed by atoms with E-state index in [0.29, 0.717) is 18.7 Å². The van der Waals surface area contributed by atoms with Crippen molar-refractivity contribution in [2.24, 2.45) is 0 Å². The lowest BCUT2D eigenvalue weighted by Gasteiger charge is -2.09. The molecule has 1 aromatic carbocycles. The van der Waals surface area contributed by atoms with E-state index >= 15 is 0 Å². The van der Waals surface area contributed by atoms with Gasteiger partial charge in [0.2, 0.25) is 0 Å². The Balaban J connectivity index is 2.06. The number of nitrogens with zero attached hydrogens (tertiary/aromatic N) is 2. The van der Waals surface area contributed by atoms with Gasteiger partial charge in [0, 0.05) is 25.0 Å². The van der Waals surface area contributed by atoms with E-state index in [4.69, 9.17) is 44.3 Å². The van der Waals surface area contributed by atoms with Crippen molar-refractivity contribution < 1.29 is 19.1 Å². The fraction of sp³-hybridized carbons (Fsp3) is 0.286. The van der Waals surface area contributed by atoms with Gasteiger partial charge in [-0.1, -0.05) is 34.8 Å². The summed E-state index contributed by atoms with van der Waals surface area (Å²) in [7, 11) is 1.62. The highest BCUT2D eigenvalue weighted by atomic mass is 35.5. The molecule has 0 fully saturated rings. The summed E-state index contributed by atoms with van der Waals surface area (Å²) in [5, 5.41) is 12.5. The molecule has 0 aliphatic rings. The van der Waals surface area contributed by atoms with Gasteiger partial charge in [0.05, 0.1) is 27.4 Å². The lowest BCUT2D eigenvalue weighted by atomic mass is 10.1. The first kappa shape index (κ1) is 24.8. The van der Waals surface area contributed by atoms with Gasteiger partial charge in [0.1, 0.15) is 11.6 Å². The topological polar surface area (TPSA) is 93.3 Å². The van der Waals surface area contributed by atoms with E-state index in [1.165, 1.54) is 18.2 Å². The molecule has 0 atom stereocenters. The second-order valence-corrected chi connectivity index (χ2v) is 7.73. The van der Waals surface area contributed by atoms with Crippen LogP contribution < -0.4 is 5.32 Å². The van der Waals surface area contributed by atoms with Gasteiger partial charge in [-0.3, -0.25) is 4.79 Å². The summed E-state index contributed by atoms with van der Waals surface area (Å²) in [5.41, 5.74) is 2.53. The molecule has 31 heavy (non-hydrogen) atoms. The quantitative estimate of drug-likeness (QED) is 0.251. The number of carbonyl (C=O) groups excluding carboxylic acids is 2. The minimum atomic E-state index is -0.917. The molecule has 0 saturated carbocycles. The van der Waals surface area contributed by atoms with Crippen molar-refractivity contribution in [3.63, 3.8) is 0 Å². The van der Waals surface area contributed by atoms with E-state index in [2.05, 4.69) is 5.32 Å². The molecule has 1 amide bonds. The number of halogens is 3. The van der Waals surface area contributed by atoms with E-state index in [1.807, 2.05) is 30.6 Å². The predicted molar refractivity (Wildman–Crippen MR) is 120 cm³/mol. The molecule has 2 aromatic rings. The first-order valence-corrected chi connectivity index (χ1v) is 10.2. The number of aromatic nitrogens is 1. The molecule has 0 saturated heterocycles. The standard InChI is InChI=1S/C21H20Cl3N3O4/c1-12-6-14(13(2)27(12)4-5-30-3)7-15(10-25)21(29)31-11-20(28)26-19-9-17(23)16(22)8-18(19)24/h6-9H,4-5,11H2,1-3H3,(H,26,28)/b15-7+. The molecule has 10 heteroatoms. The first-order valence-electron chi connectivity index (χ1n) is 9.06. The first-order chi connectivity index (χ1) is 14.7. The number of methoxy groups -OCH3 is 1. The van der Waals surface area contributed by atoms with Gasteiger partial charge >= 0.3 is 5.97 Å². The monoisotopic (exact) mass is 483 g/mol. The highest BCUT2D eigenvalue weighted by Crippen LogP contribution is 2.32. The normalized spacial score (nSPS) is 11.2. The number of nitriles is 1. The molecule has 1 aromatic heterocycles. The van der Waals surface area contributed by atoms with Crippen LogP contribution in [0.5, 0.6) is 0 Å². The van der Waals surface area contributed by atoms with Crippen molar-refractivity contribution in [1.82, 2.24) is 4.57 Å². The van der Waals surface area contributed by atoms with Crippen molar-refractivity contribution in [2.75, 3.05) is 25.6 Å². The largest absolute Gasteiger partial charge is 0.451 e. The molecule has 0 aliphatic carbocycles. The van der Waals surface area contributed by atoms with Gasteiger partial charge in [0.15, 0.2) is 6.61 Å². The highest BCUT2D eigenvalue weighted by molar-refractivity contribution is 6.44. The SMILES string of the molecule is COCCn1c(C)cc(/C=C(\C#N)C(=O)OCC(=O)Nc2cc(Cl)c(Cl)cc2Cl)c1C. The van der Waals surface area contributed by atoms with Crippen molar-refractivity contribution in [2.45, 2.75) is 20.4 Å². The summed E-state index contributed by atoms with van der Waals surface area (Å²) in [6.45, 7) is 4.36. The summed E-state index contributed by atoms with van der Waals surface area (Å²) in [6, 6.07) is 6.43. The molecule has 0 spiro atoms. The number of ether oxygens (including phenoxy) is 2. The van der Waals surface area contributed by atoms with Crippen molar-refractivity contribution in [1.29, 1.82) is 5.26 Å². The zero-order valence-electron chi connectivity index (χ0n) is 17.1. The number of amides is 1. The molecule has 1 N–H and O–H groups in total. The number of anilines is 1. The average Bonchev–Trinajstić information content (AvgIpc) is 2.99. The van der Waals surface area contributed by atoms with Crippen LogP contribution in [0.25, 0.3) is 6.08 Å². The molecule has 0 unspecified atom stereocenters. The number of carbonyl (C=O) groups is 2. The third-order valence-electron chi connectivity index (χ3n) is 4.39. The van der Waals surface area contributed by atoms with Crippen molar-refractivity contribution >= 4 is 58.4 Å². The third-order valence-corrected chi connectivity index (χ3v) is 5.43. The van der Waals surface area contributed by atoms with Gasteiger partial charge in [-0.15, -0.1) is 0 Å². The van der Waals surface area contributed by atoms with E-state index < -0.39 is 18.5 Å². The maximum Gasteiger partial charge on any atom is 0.349 e. The van der Waals surface area contributed by atoms with Gasteiger partial charge < -0.3 is 19.4 Å². The smallest absolute Gasteiger partial charge is 0.349 e. The number of nitrogens with one attached hydrogen (secondary N) is 1. The summed E-state index contributed by atoms with van der Waals surface area (Å²) in [6.07, 6.45) is 1.43. The highest BCUT2D eigenvalue weighted by Gasteiger charge is 2.16. The number of hydrogen-bond acceptors (Lipinski definition) is 5. The number of hydrogen-bond donors (Lipinski definition) is 1. The number of benzene rings is 1. The van der Waals surface area contributed by atoms with E-state index in [-0.39, 0.29) is 26.3 Å². The maximum absolute atomic E-state index is 12.3. The van der Waals surface area contributed by atoms with Gasteiger partial charge in [-0.2, -0.15) is 5.26 Å². The van der Waals surface area contributed by atoms with Gasteiger partial charge in [-0.05, 0) is 43.7 Å². The van der Waals surface area contributed by atoms with E-state index in [0.717, 1.165) is 11.4 Å². The van der Waals surface area contributed by atoms with Crippen molar-refractivity contribution in [3.8, 4) is 6.07 Å². The van der Waals surface area contributed by atoms with Crippen LogP contribution in [-0.4, -0.2) is 36.8 Å². The Hall–Kier alpha value is -2.50. The second-order valence-electron chi connectivity index (χ2n) is 6.51. The zero-order chi connectivity index (χ0) is 23.1. The van der Waals surface area contributed by atoms with Crippen molar-refractivity contribution in [3.05, 3.63) is 55.8 Å². The number of aryl methyl sites for hydroxylation is 1. The Morgan fingerprint density at radius 1 is 1.16 bits per heavy atom. The molecule has 1 heterocycles. The molecule has 7 nitrogen and oxygen atoms in total. The zero-order valence-corrected chi connectivity index (χ0v) is 19.4. The van der Waals surface area contributed by atoms with Gasteiger partial charge in [-0.25, -0.2) is 4.79 Å². The number of rotatable bonds is 8. The summed E-state index contributed by atoms with van der Waals surface area (Å²) >= 11 is 17.8. The van der Waals surface area contributed by atoms with Crippen LogP contribution >= 0.6 is 34.8 Å². The molecular weight excluding hydrogens is 465 g/mol. The van der Waals surface area contributed by atoms with E-state index in [9.17, 15) is 14.9 Å². The van der Waals surface area contributed by atoms with Crippen LogP contribution in [0.3, 0.4) is 0 Å². The average molecular weight is 485 g/mol. The molecule has 2 rings (SSSR count). The second kappa shape index (κ2) is 11.2. The Labute approximate surface area is 195 Å². The molecule has 0 radical (unpaired) electrons. The lowest BCUT2D eigenvalue weighted by molar-refractivity contribution is -0.142. The van der Waals surface area contributed by atoms with Crippen LogP contribution in [0.15, 0.2) is 23.8 Å². The van der Waals surface area contributed by atoms with Crippen LogP contribution in [0.2, 0.25) is 15.1 Å². The van der Waals surface area contributed by atoms with Crippen LogP contribution in [0.1, 0.15) is 17.0 Å². The Morgan fingerprint density at radius 2 is 1.84 bits per heavy atom. The number of esters is 1. The lowest BCUT2D eigenvalue weighted by Crippen LogP contribution is -2.21. The maximum atomic E-state index is 12.3. The molecule has 0 aliphatic heterocycles. The van der Waals surface area contributed by atoms with E-state index in [1.54, 1.807) is 7.11 Å². The van der Waals surface area contributed by atoms with Crippen LogP contribution in [0.4, 0.5) is 5.69 Å². The predicted octanol–water partition coefficient (Wildman–Crippen LogP) is 4.80. The Kier molecular flexibility index (Phi) is 8.96. The third kappa shape index (κ3) is 6.49. The van der Waals surface area contributed by atoms with Crippen LogP contribution in [0, 0.1) is 25.2 Å². The summed E-state index contributed by atoms with van der Waals surface area (Å²) in [5.74, 6) is -1.57. The van der Waals surface area contributed by atoms with Crippen LogP contribution in [-0.2, 0) is 25.6 Å².